The van der Waals surface area contributed by atoms with Crippen LogP contribution in [-0.2, 0) is 16.1 Å². The molecule has 1 N–H and O–H groups in total. The van der Waals surface area contributed by atoms with Crippen LogP contribution in [0.15, 0.2) is 18.2 Å². The van der Waals surface area contributed by atoms with Crippen LogP contribution in [0.2, 0.25) is 10.0 Å². The zero-order valence-corrected chi connectivity index (χ0v) is 12.6. The zero-order valence-electron chi connectivity index (χ0n) is 11.0. The maximum atomic E-state index is 10.6. The molecule has 0 aliphatic rings. The Labute approximate surface area is 124 Å². The Morgan fingerprint density at radius 1 is 1.16 bits per heavy atom. The van der Waals surface area contributed by atoms with Crippen LogP contribution in [-0.4, -0.2) is 19.1 Å². The molecule has 0 aliphatic carbocycles. The molecule has 0 saturated heterocycles. The predicted octanol–water partition coefficient (Wildman–Crippen LogP) is 3.82. The van der Waals surface area contributed by atoms with E-state index in [2.05, 4.69) is 5.32 Å². The fourth-order valence-electron chi connectivity index (χ4n) is 1.65. The number of rotatable bonds is 8. The van der Waals surface area contributed by atoms with E-state index in [9.17, 15) is 4.79 Å². The molecule has 3 nitrogen and oxygen atoms in total. The molecular weight excluding hydrogens is 285 g/mol. The fraction of sp³-hybridized carbons (Fsp3) is 0.500. The lowest BCUT2D eigenvalue weighted by Crippen LogP contribution is -2.20. The first-order valence-corrected chi connectivity index (χ1v) is 7.10. The Bertz CT molecular complexity index is 390. The first-order valence-electron chi connectivity index (χ1n) is 6.35. The highest BCUT2D eigenvalue weighted by Gasteiger charge is 1.99. The van der Waals surface area contributed by atoms with Gasteiger partial charge in [-0.15, -0.1) is 0 Å². The molecule has 1 amide bonds. The van der Waals surface area contributed by atoms with Gasteiger partial charge in [-0.05, 0) is 43.0 Å². The maximum absolute atomic E-state index is 10.6. The summed E-state index contributed by atoms with van der Waals surface area (Å²) < 4.78 is 5.55. The zero-order chi connectivity index (χ0) is 14.1. The number of carbonyl (C=O) groups is 1. The molecule has 1 rings (SSSR count). The van der Waals surface area contributed by atoms with Gasteiger partial charge in [0.1, 0.15) is 0 Å². The SMILES string of the molecule is CC(=O)NCCCCCOCc1cc(Cl)cc(Cl)c1. The van der Waals surface area contributed by atoms with Crippen LogP contribution in [0.5, 0.6) is 0 Å². The van der Waals surface area contributed by atoms with E-state index in [4.69, 9.17) is 27.9 Å². The topological polar surface area (TPSA) is 38.3 Å². The third-order valence-electron chi connectivity index (χ3n) is 2.53. The molecule has 0 bridgehead atoms. The van der Waals surface area contributed by atoms with Gasteiger partial charge in [0.15, 0.2) is 0 Å². The largest absolute Gasteiger partial charge is 0.377 e. The van der Waals surface area contributed by atoms with Gasteiger partial charge in [0.2, 0.25) is 5.91 Å². The molecule has 0 saturated carbocycles. The van der Waals surface area contributed by atoms with Crippen molar-refractivity contribution in [3.05, 3.63) is 33.8 Å². The second kappa shape index (κ2) is 9.18. The summed E-state index contributed by atoms with van der Waals surface area (Å²) in [5.74, 6) is 0.0223. The van der Waals surface area contributed by atoms with E-state index in [0.717, 1.165) is 31.4 Å². The van der Waals surface area contributed by atoms with Crippen molar-refractivity contribution in [2.45, 2.75) is 32.8 Å². The Balaban J connectivity index is 2.06. The van der Waals surface area contributed by atoms with E-state index < -0.39 is 0 Å². The molecule has 1 aromatic carbocycles. The van der Waals surface area contributed by atoms with Crippen LogP contribution in [0.4, 0.5) is 0 Å². The van der Waals surface area contributed by atoms with Crippen LogP contribution in [0.3, 0.4) is 0 Å². The van der Waals surface area contributed by atoms with E-state index in [1.165, 1.54) is 6.92 Å². The van der Waals surface area contributed by atoms with Gasteiger partial charge < -0.3 is 10.1 Å². The van der Waals surface area contributed by atoms with E-state index >= 15 is 0 Å². The molecule has 0 atom stereocenters. The van der Waals surface area contributed by atoms with Gasteiger partial charge in [-0.3, -0.25) is 4.79 Å². The van der Waals surface area contributed by atoms with Crippen LogP contribution >= 0.6 is 23.2 Å². The van der Waals surface area contributed by atoms with Gasteiger partial charge in [0.25, 0.3) is 0 Å². The summed E-state index contributed by atoms with van der Waals surface area (Å²) in [6.07, 6.45) is 3.00. The minimum atomic E-state index is 0.0223. The number of carbonyl (C=O) groups excluding carboxylic acids is 1. The summed E-state index contributed by atoms with van der Waals surface area (Å²) >= 11 is 11.8. The number of amides is 1. The standard InChI is InChI=1S/C14H19Cl2NO2/c1-11(18)17-5-3-2-4-6-19-10-12-7-13(15)9-14(16)8-12/h7-9H,2-6,10H2,1H3,(H,17,18). The highest BCUT2D eigenvalue weighted by atomic mass is 35.5. The highest BCUT2D eigenvalue weighted by Crippen LogP contribution is 2.19. The van der Waals surface area contributed by atoms with E-state index in [-0.39, 0.29) is 5.91 Å². The average Bonchev–Trinajstić information content (AvgIpc) is 2.31. The van der Waals surface area contributed by atoms with Crippen molar-refractivity contribution in [2.75, 3.05) is 13.2 Å². The molecule has 0 heterocycles. The van der Waals surface area contributed by atoms with Gasteiger partial charge in [0.05, 0.1) is 6.61 Å². The van der Waals surface area contributed by atoms with Gasteiger partial charge in [-0.2, -0.15) is 0 Å². The van der Waals surface area contributed by atoms with Crippen molar-refractivity contribution in [1.29, 1.82) is 0 Å². The van der Waals surface area contributed by atoms with Crippen molar-refractivity contribution in [3.8, 4) is 0 Å². The second-order valence-corrected chi connectivity index (χ2v) is 5.25. The molecule has 1 aromatic rings. The van der Waals surface area contributed by atoms with E-state index in [0.29, 0.717) is 23.3 Å². The lowest BCUT2D eigenvalue weighted by Gasteiger charge is -2.06. The Hall–Kier alpha value is -0.770. The van der Waals surface area contributed by atoms with Crippen molar-refractivity contribution in [1.82, 2.24) is 5.32 Å². The maximum Gasteiger partial charge on any atom is 0.216 e. The average molecular weight is 304 g/mol. The Kier molecular flexibility index (Phi) is 7.87. The molecule has 0 spiro atoms. The fourth-order valence-corrected chi connectivity index (χ4v) is 2.23. The molecule has 0 aliphatic heterocycles. The minimum absolute atomic E-state index is 0.0223. The van der Waals surface area contributed by atoms with Crippen molar-refractivity contribution < 1.29 is 9.53 Å². The number of benzene rings is 1. The molecular formula is C14H19Cl2NO2. The second-order valence-electron chi connectivity index (χ2n) is 4.37. The lowest BCUT2D eigenvalue weighted by atomic mass is 10.2. The van der Waals surface area contributed by atoms with E-state index in [1.54, 1.807) is 6.07 Å². The number of unbranched alkanes of at least 4 members (excludes halogenated alkanes) is 2. The van der Waals surface area contributed by atoms with Crippen LogP contribution in [0.25, 0.3) is 0 Å². The summed E-state index contributed by atoms with van der Waals surface area (Å²) in [5, 5.41) is 4.02. The summed E-state index contributed by atoms with van der Waals surface area (Å²) in [7, 11) is 0. The van der Waals surface area contributed by atoms with Crippen LogP contribution in [0.1, 0.15) is 31.7 Å². The number of halogens is 2. The number of ether oxygens (including phenoxy) is 1. The van der Waals surface area contributed by atoms with Crippen molar-refractivity contribution in [3.63, 3.8) is 0 Å². The summed E-state index contributed by atoms with van der Waals surface area (Å²) in [6.45, 7) is 3.48. The molecule has 5 heteroatoms. The minimum Gasteiger partial charge on any atom is -0.377 e. The highest BCUT2D eigenvalue weighted by molar-refractivity contribution is 6.34. The third-order valence-corrected chi connectivity index (χ3v) is 2.97. The quantitative estimate of drug-likeness (QED) is 0.742. The molecule has 106 valence electrons. The first-order chi connectivity index (χ1) is 9.08. The smallest absolute Gasteiger partial charge is 0.216 e. The van der Waals surface area contributed by atoms with Crippen molar-refractivity contribution in [2.24, 2.45) is 0 Å². The van der Waals surface area contributed by atoms with Crippen LogP contribution < -0.4 is 5.32 Å². The van der Waals surface area contributed by atoms with Gasteiger partial charge in [0, 0.05) is 30.1 Å². The summed E-state index contributed by atoms with van der Waals surface area (Å²) in [5.41, 5.74) is 0.982. The molecule has 0 aromatic heterocycles. The summed E-state index contributed by atoms with van der Waals surface area (Å²) in [6, 6.07) is 5.41. The monoisotopic (exact) mass is 303 g/mol. The van der Waals surface area contributed by atoms with Crippen LogP contribution in [0, 0.1) is 0 Å². The normalized spacial score (nSPS) is 10.5. The predicted molar refractivity (Wildman–Crippen MR) is 78.7 cm³/mol. The first kappa shape index (κ1) is 16.3. The Morgan fingerprint density at radius 2 is 1.84 bits per heavy atom. The van der Waals surface area contributed by atoms with Gasteiger partial charge in [-0.1, -0.05) is 23.2 Å². The molecule has 19 heavy (non-hydrogen) atoms. The molecule has 0 fully saturated rings. The van der Waals surface area contributed by atoms with Gasteiger partial charge in [-0.25, -0.2) is 0 Å². The number of hydrogen-bond acceptors (Lipinski definition) is 2. The van der Waals surface area contributed by atoms with Crippen molar-refractivity contribution >= 4 is 29.1 Å². The molecule has 0 radical (unpaired) electrons. The number of hydrogen-bond donors (Lipinski definition) is 1. The summed E-state index contributed by atoms with van der Waals surface area (Å²) in [4.78, 5) is 10.6. The number of nitrogens with one attached hydrogen (secondary N) is 1. The Morgan fingerprint density at radius 3 is 2.47 bits per heavy atom. The lowest BCUT2D eigenvalue weighted by molar-refractivity contribution is -0.118. The van der Waals surface area contributed by atoms with Gasteiger partial charge >= 0.3 is 0 Å². The third kappa shape index (κ3) is 8.09. The molecule has 0 unspecified atom stereocenters. The van der Waals surface area contributed by atoms with E-state index in [1.807, 2.05) is 12.1 Å².